The fourth-order valence-electron chi connectivity index (χ4n) is 2.08. The van der Waals surface area contributed by atoms with Crippen LogP contribution in [0.2, 0.25) is 0 Å². The highest BCUT2D eigenvalue weighted by atomic mass is 32.1. The smallest absolute Gasteiger partial charge is 0.123 e. The van der Waals surface area contributed by atoms with E-state index in [1.165, 1.54) is 5.56 Å². The zero-order chi connectivity index (χ0) is 13.8. The lowest BCUT2D eigenvalue weighted by atomic mass is 10.1. The van der Waals surface area contributed by atoms with E-state index in [0.717, 1.165) is 15.9 Å². The maximum absolute atomic E-state index is 5.36. The van der Waals surface area contributed by atoms with Gasteiger partial charge in [0.25, 0.3) is 0 Å². The molecule has 2 nitrogen and oxygen atoms in total. The van der Waals surface area contributed by atoms with Crippen molar-refractivity contribution in [2.24, 2.45) is 0 Å². The van der Waals surface area contributed by atoms with Gasteiger partial charge < -0.3 is 0 Å². The molecule has 0 radical (unpaired) electrons. The van der Waals surface area contributed by atoms with Gasteiger partial charge in [-0.3, -0.25) is 0 Å². The van der Waals surface area contributed by atoms with Gasteiger partial charge in [-0.15, -0.1) is 0 Å². The van der Waals surface area contributed by atoms with Gasteiger partial charge in [-0.25, -0.2) is 4.68 Å². The highest BCUT2D eigenvalue weighted by molar-refractivity contribution is 7.71. The van der Waals surface area contributed by atoms with Crippen LogP contribution in [-0.4, -0.2) is 9.78 Å². The largest absolute Gasteiger partial charge is 0.250 e. The van der Waals surface area contributed by atoms with Crippen molar-refractivity contribution >= 4 is 12.2 Å². The number of rotatable bonds is 3. The van der Waals surface area contributed by atoms with Crippen molar-refractivity contribution in [1.29, 1.82) is 0 Å². The summed E-state index contributed by atoms with van der Waals surface area (Å²) >= 11 is 5.36. The summed E-state index contributed by atoms with van der Waals surface area (Å²) in [5, 5.41) is 4.65. The Balaban J connectivity index is 1.98. The molecule has 0 unspecified atom stereocenters. The summed E-state index contributed by atoms with van der Waals surface area (Å²) in [6.45, 7) is 0.695. The quantitative estimate of drug-likeness (QED) is 0.664. The van der Waals surface area contributed by atoms with Gasteiger partial charge in [-0.2, -0.15) is 5.10 Å². The molecular formula is C17H14N2S. The third kappa shape index (κ3) is 2.83. The van der Waals surface area contributed by atoms with Gasteiger partial charge in [0.2, 0.25) is 0 Å². The van der Waals surface area contributed by atoms with Crippen molar-refractivity contribution in [3.63, 3.8) is 0 Å². The molecule has 0 aliphatic heterocycles. The van der Waals surface area contributed by atoms with Crippen molar-refractivity contribution in [1.82, 2.24) is 9.78 Å². The summed E-state index contributed by atoms with van der Waals surface area (Å²) in [5.41, 5.74) is 3.24. The minimum Gasteiger partial charge on any atom is -0.250 e. The third-order valence-corrected chi connectivity index (χ3v) is 3.46. The number of nitrogens with zero attached hydrogens (tertiary/aromatic N) is 2. The van der Waals surface area contributed by atoms with Crippen LogP contribution in [0.3, 0.4) is 0 Å². The maximum Gasteiger partial charge on any atom is 0.123 e. The average molecular weight is 278 g/mol. The van der Waals surface area contributed by atoms with Gasteiger partial charge in [-0.05, 0) is 17.7 Å². The Bertz CT molecular complexity index is 749. The summed E-state index contributed by atoms with van der Waals surface area (Å²) in [6, 6.07) is 24.3. The molecule has 0 aliphatic rings. The molecule has 0 saturated heterocycles. The summed E-state index contributed by atoms with van der Waals surface area (Å²) in [7, 11) is 0. The van der Waals surface area contributed by atoms with Crippen molar-refractivity contribution in [2.45, 2.75) is 6.54 Å². The van der Waals surface area contributed by atoms with Gasteiger partial charge >= 0.3 is 0 Å². The molecule has 0 fully saturated rings. The van der Waals surface area contributed by atoms with E-state index in [2.05, 4.69) is 29.4 Å². The number of aromatic nitrogens is 2. The third-order valence-electron chi connectivity index (χ3n) is 3.11. The van der Waals surface area contributed by atoms with E-state index < -0.39 is 0 Å². The molecule has 3 aromatic rings. The van der Waals surface area contributed by atoms with Crippen molar-refractivity contribution < 1.29 is 0 Å². The fraction of sp³-hybridized carbons (Fsp3) is 0.0588. The Labute approximate surface area is 123 Å². The Morgan fingerprint density at radius 2 is 1.45 bits per heavy atom. The molecule has 0 amide bonds. The lowest BCUT2D eigenvalue weighted by Crippen LogP contribution is -2.07. The zero-order valence-corrected chi connectivity index (χ0v) is 11.8. The van der Waals surface area contributed by atoms with E-state index in [0.29, 0.717) is 6.54 Å². The second kappa shape index (κ2) is 5.80. The molecule has 1 aromatic heterocycles. The van der Waals surface area contributed by atoms with Crippen LogP contribution in [0.5, 0.6) is 0 Å². The van der Waals surface area contributed by atoms with Gasteiger partial charge in [0, 0.05) is 5.56 Å². The van der Waals surface area contributed by atoms with E-state index in [-0.39, 0.29) is 0 Å². The van der Waals surface area contributed by atoms with Crippen LogP contribution in [0.25, 0.3) is 11.3 Å². The number of hydrogen-bond donors (Lipinski definition) is 0. The van der Waals surface area contributed by atoms with Crippen LogP contribution < -0.4 is 0 Å². The van der Waals surface area contributed by atoms with E-state index in [4.69, 9.17) is 12.2 Å². The van der Waals surface area contributed by atoms with E-state index >= 15 is 0 Å². The standard InChI is InChI=1S/C17H14N2S/c20-17-12-11-16(15-9-5-2-6-10-15)18-19(17)13-14-7-3-1-4-8-14/h1-12H,13H2. The highest BCUT2D eigenvalue weighted by Gasteiger charge is 2.02. The van der Waals surface area contributed by atoms with Gasteiger partial charge in [0.1, 0.15) is 4.64 Å². The Morgan fingerprint density at radius 3 is 2.15 bits per heavy atom. The highest BCUT2D eigenvalue weighted by Crippen LogP contribution is 2.16. The van der Waals surface area contributed by atoms with Crippen LogP contribution >= 0.6 is 12.2 Å². The molecule has 20 heavy (non-hydrogen) atoms. The first-order valence-electron chi connectivity index (χ1n) is 6.50. The molecule has 0 spiro atoms. The van der Waals surface area contributed by atoms with Gasteiger partial charge in [0.05, 0.1) is 12.2 Å². The molecule has 0 bridgehead atoms. The molecule has 2 aromatic carbocycles. The predicted molar refractivity (Wildman–Crippen MR) is 84.0 cm³/mol. The number of hydrogen-bond acceptors (Lipinski definition) is 2. The lowest BCUT2D eigenvalue weighted by molar-refractivity contribution is 0.658. The zero-order valence-electron chi connectivity index (χ0n) is 10.9. The van der Waals surface area contributed by atoms with Gasteiger partial charge in [0.15, 0.2) is 0 Å². The topological polar surface area (TPSA) is 17.8 Å². The summed E-state index contributed by atoms with van der Waals surface area (Å²) in [4.78, 5) is 0. The maximum atomic E-state index is 5.36. The Morgan fingerprint density at radius 1 is 0.800 bits per heavy atom. The Hall–Kier alpha value is -2.26. The first-order chi connectivity index (χ1) is 9.83. The molecule has 0 saturated carbocycles. The van der Waals surface area contributed by atoms with Crippen LogP contribution in [0.1, 0.15) is 5.56 Å². The molecule has 1 heterocycles. The average Bonchev–Trinajstić information content (AvgIpc) is 2.51. The van der Waals surface area contributed by atoms with E-state index in [1.807, 2.05) is 53.2 Å². The summed E-state index contributed by atoms with van der Waals surface area (Å²) in [5.74, 6) is 0. The lowest BCUT2D eigenvalue weighted by Gasteiger charge is -2.08. The van der Waals surface area contributed by atoms with E-state index in [9.17, 15) is 0 Å². The minimum atomic E-state index is 0.695. The second-order valence-electron chi connectivity index (χ2n) is 4.57. The predicted octanol–water partition coefficient (Wildman–Crippen LogP) is 4.33. The van der Waals surface area contributed by atoms with Crippen LogP contribution in [0, 0.1) is 4.64 Å². The summed E-state index contributed by atoms with van der Waals surface area (Å²) < 4.78 is 2.61. The second-order valence-corrected chi connectivity index (χ2v) is 4.98. The van der Waals surface area contributed by atoms with Crippen LogP contribution in [0.4, 0.5) is 0 Å². The molecular weight excluding hydrogens is 264 g/mol. The molecule has 3 heteroatoms. The SMILES string of the molecule is S=c1ccc(-c2ccccc2)nn1Cc1ccccc1. The first-order valence-corrected chi connectivity index (χ1v) is 6.91. The van der Waals surface area contributed by atoms with E-state index in [1.54, 1.807) is 0 Å². The molecule has 0 atom stereocenters. The molecule has 98 valence electrons. The summed E-state index contributed by atoms with van der Waals surface area (Å²) in [6.07, 6.45) is 0. The Kier molecular flexibility index (Phi) is 3.70. The number of benzene rings is 2. The van der Waals surface area contributed by atoms with Crippen molar-refractivity contribution in [3.05, 3.63) is 83.0 Å². The molecule has 0 N–H and O–H groups in total. The molecule has 3 rings (SSSR count). The van der Waals surface area contributed by atoms with Crippen LogP contribution in [-0.2, 0) is 6.54 Å². The van der Waals surface area contributed by atoms with Crippen molar-refractivity contribution in [3.8, 4) is 11.3 Å². The monoisotopic (exact) mass is 278 g/mol. The normalized spacial score (nSPS) is 10.4. The fourth-order valence-corrected chi connectivity index (χ4v) is 2.25. The minimum absolute atomic E-state index is 0.695. The van der Waals surface area contributed by atoms with Gasteiger partial charge in [-0.1, -0.05) is 72.9 Å². The first kappa shape index (κ1) is 12.8. The van der Waals surface area contributed by atoms with Crippen molar-refractivity contribution in [2.75, 3.05) is 0 Å². The van der Waals surface area contributed by atoms with Crippen LogP contribution in [0.15, 0.2) is 72.8 Å². The molecule has 0 aliphatic carbocycles.